The Kier molecular flexibility index (Phi) is 8.25. The van der Waals surface area contributed by atoms with Crippen LogP contribution in [0, 0.1) is 12.8 Å². The lowest BCUT2D eigenvalue weighted by atomic mass is 9.94. The van der Waals surface area contributed by atoms with E-state index in [1.54, 1.807) is 23.1 Å². The van der Waals surface area contributed by atoms with Gasteiger partial charge in [-0.3, -0.25) is 14.4 Å². The average Bonchev–Trinajstić information content (AvgIpc) is 3.60. The van der Waals surface area contributed by atoms with Crippen LogP contribution in [-0.4, -0.2) is 65.1 Å². The van der Waals surface area contributed by atoms with E-state index in [0.29, 0.717) is 44.0 Å². The van der Waals surface area contributed by atoms with E-state index in [0.717, 1.165) is 29.7 Å². The van der Waals surface area contributed by atoms with Crippen molar-refractivity contribution in [1.82, 2.24) is 20.7 Å². The number of benzene rings is 1. The van der Waals surface area contributed by atoms with Crippen LogP contribution in [0.4, 0.5) is 0 Å². The van der Waals surface area contributed by atoms with Gasteiger partial charge in [0.1, 0.15) is 11.5 Å². The Morgan fingerprint density at radius 1 is 1.19 bits per heavy atom. The Bertz CT molecular complexity index is 1090. The van der Waals surface area contributed by atoms with E-state index in [4.69, 9.17) is 10.3 Å². The molecule has 1 saturated carbocycles. The van der Waals surface area contributed by atoms with Crippen molar-refractivity contribution in [3.63, 3.8) is 0 Å². The molecule has 1 aromatic carbocycles. The largest absolute Gasteiger partial charge is 0.508 e. The molecule has 0 bridgehead atoms. The molecule has 3 amide bonds. The van der Waals surface area contributed by atoms with E-state index in [9.17, 15) is 19.5 Å². The molecule has 1 aromatic heterocycles. The number of piperidine rings is 1. The Hall–Kier alpha value is -3.40. The summed E-state index contributed by atoms with van der Waals surface area (Å²) in [5.74, 6) is 0.453. The van der Waals surface area contributed by atoms with E-state index in [2.05, 4.69) is 15.8 Å². The quantitative estimate of drug-likeness (QED) is 0.389. The molecule has 0 radical (unpaired) electrons. The maximum Gasteiger partial charge on any atom is 0.273 e. The van der Waals surface area contributed by atoms with Crippen LogP contribution in [0.5, 0.6) is 5.75 Å². The minimum atomic E-state index is -0.446. The van der Waals surface area contributed by atoms with Crippen LogP contribution in [-0.2, 0) is 16.0 Å². The Balaban J connectivity index is 1.33. The van der Waals surface area contributed by atoms with Gasteiger partial charge in [0.15, 0.2) is 5.69 Å². The maximum atomic E-state index is 13.4. The molecule has 0 unspecified atom stereocenters. The summed E-state index contributed by atoms with van der Waals surface area (Å²) < 4.78 is 5.28. The topological polar surface area (TPSA) is 151 Å². The molecular weight excluding hydrogens is 462 g/mol. The summed E-state index contributed by atoms with van der Waals surface area (Å²) in [6.07, 6.45) is 4.07. The van der Waals surface area contributed by atoms with Gasteiger partial charge in [0.25, 0.3) is 5.91 Å². The van der Waals surface area contributed by atoms with Crippen LogP contribution in [0.3, 0.4) is 0 Å². The van der Waals surface area contributed by atoms with Crippen molar-refractivity contribution >= 4 is 17.7 Å². The molecule has 1 saturated heterocycles. The number of phenols is 1. The van der Waals surface area contributed by atoms with Crippen molar-refractivity contribution in [3.8, 4) is 5.75 Å². The van der Waals surface area contributed by atoms with E-state index in [-0.39, 0.29) is 49.0 Å². The Morgan fingerprint density at radius 3 is 2.61 bits per heavy atom. The lowest BCUT2D eigenvalue weighted by Crippen LogP contribution is -2.49. The number of nitrogens with two attached hydrogens (primary N) is 1. The fourth-order valence-corrected chi connectivity index (χ4v) is 4.55. The van der Waals surface area contributed by atoms with Gasteiger partial charge in [0, 0.05) is 50.6 Å². The number of amides is 3. The van der Waals surface area contributed by atoms with Crippen LogP contribution < -0.4 is 16.4 Å². The number of nitrogens with zero attached hydrogens (tertiary/aromatic N) is 2. The molecule has 0 spiro atoms. The standard InChI is InChI=1S/C26H35N5O5/c1-16-12-17(2-5-22(16)32)13-19(15-28-24(33)6-9-27)26(35)31-10-7-20(8-11-31)29-25(34)21-14-23(36-30-21)18-3-4-18/h2,5,12,14,18-20,32H,3-4,6-11,13,15,27H2,1H3,(H,28,33)(H,29,34)/t19-/m0/s1. The molecule has 1 aliphatic carbocycles. The molecule has 2 aliphatic rings. The summed E-state index contributed by atoms with van der Waals surface area (Å²) in [5, 5.41) is 19.6. The maximum absolute atomic E-state index is 13.4. The summed E-state index contributed by atoms with van der Waals surface area (Å²) in [5.41, 5.74) is 7.42. The molecule has 194 valence electrons. The summed E-state index contributed by atoms with van der Waals surface area (Å²) in [7, 11) is 0. The molecule has 2 heterocycles. The minimum Gasteiger partial charge on any atom is -0.508 e. The number of carbonyl (C=O) groups is 3. The minimum absolute atomic E-state index is 0.0378. The first-order valence-electron chi connectivity index (χ1n) is 12.7. The van der Waals surface area contributed by atoms with Crippen molar-refractivity contribution < 1.29 is 24.0 Å². The van der Waals surface area contributed by atoms with E-state index < -0.39 is 5.92 Å². The Labute approximate surface area is 210 Å². The van der Waals surface area contributed by atoms with Gasteiger partial charge in [-0.05, 0) is 56.2 Å². The Morgan fingerprint density at radius 2 is 1.94 bits per heavy atom. The highest BCUT2D eigenvalue weighted by atomic mass is 16.5. The highest BCUT2D eigenvalue weighted by Crippen LogP contribution is 2.40. The molecule has 36 heavy (non-hydrogen) atoms. The number of aromatic nitrogens is 1. The van der Waals surface area contributed by atoms with Gasteiger partial charge in [-0.25, -0.2) is 0 Å². The zero-order valence-corrected chi connectivity index (χ0v) is 20.7. The number of hydrogen-bond donors (Lipinski definition) is 4. The molecule has 5 N–H and O–H groups in total. The second kappa shape index (κ2) is 11.6. The van der Waals surface area contributed by atoms with Gasteiger partial charge >= 0.3 is 0 Å². The average molecular weight is 498 g/mol. The number of aromatic hydroxyl groups is 1. The number of likely N-dealkylation sites (tertiary alicyclic amines) is 1. The fraction of sp³-hybridized carbons (Fsp3) is 0.538. The van der Waals surface area contributed by atoms with E-state index in [1.807, 2.05) is 13.0 Å². The van der Waals surface area contributed by atoms with Crippen LogP contribution in [0.1, 0.15) is 65.4 Å². The SMILES string of the molecule is Cc1cc(C[C@@H](CNC(=O)CCN)C(=O)N2CCC(NC(=O)c3cc(C4CC4)on3)CC2)ccc1O. The summed E-state index contributed by atoms with van der Waals surface area (Å²) >= 11 is 0. The van der Waals surface area contributed by atoms with Crippen molar-refractivity contribution in [1.29, 1.82) is 0 Å². The van der Waals surface area contributed by atoms with Gasteiger partial charge in [0.2, 0.25) is 11.8 Å². The normalized spacial score (nSPS) is 17.0. The van der Waals surface area contributed by atoms with Crippen molar-refractivity contribution in [3.05, 3.63) is 46.8 Å². The van der Waals surface area contributed by atoms with Gasteiger partial charge < -0.3 is 30.9 Å². The molecule has 10 heteroatoms. The van der Waals surface area contributed by atoms with E-state index in [1.165, 1.54) is 0 Å². The van der Waals surface area contributed by atoms with Crippen molar-refractivity contribution in [2.24, 2.45) is 11.7 Å². The summed E-state index contributed by atoms with van der Waals surface area (Å²) in [6, 6.07) is 6.95. The third-order valence-electron chi connectivity index (χ3n) is 6.89. The number of aryl methyl sites for hydroxylation is 1. The van der Waals surface area contributed by atoms with Crippen LogP contribution >= 0.6 is 0 Å². The molecule has 2 aromatic rings. The lowest BCUT2D eigenvalue weighted by Gasteiger charge is -2.34. The first kappa shape index (κ1) is 25.7. The third-order valence-corrected chi connectivity index (χ3v) is 6.89. The molecule has 1 aliphatic heterocycles. The highest BCUT2D eigenvalue weighted by molar-refractivity contribution is 5.92. The number of nitrogens with one attached hydrogen (secondary N) is 2. The van der Waals surface area contributed by atoms with Gasteiger partial charge in [-0.15, -0.1) is 0 Å². The molecule has 4 rings (SSSR count). The van der Waals surface area contributed by atoms with Crippen molar-refractivity contribution in [2.75, 3.05) is 26.2 Å². The van der Waals surface area contributed by atoms with Crippen LogP contribution in [0.15, 0.2) is 28.8 Å². The summed E-state index contributed by atoms with van der Waals surface area (Å²) in [6.45, 7) is 3.29. The van der Waals surface area contributed by atoms with Gasteiger partial charge in [0.05, 0.1) is 5.92 Å². The lowest BCUT2D eigenvalue weighted by molar-refractivity contribution is -0.136. The first-order chi connectivity index (χ1) is 17.3. The van der Waals surface area contributed by atoms with Crippen molar-refractivity contribution in [2.45, 2.75) is 57.4 Å². The zero-order chi connectivity index (χ0) is 25.7. The second-order valence-corrected chi connectivity index (χ2v) is 9.83. The summed E-state index contributed by atoms with van der Waals surface area (Å²) in [4.78, 5) is 39.8. The monoisotopic (exact) mass is 497 g/mol. The number of rotatable bonds is 10. The number of hydrogen-bond acceptors (Lipinski definition) is 7. The van der Waals surface area contributed by atoms with Crippen LogP contribution in [0.2, 0.25) is 0 Å². The number of carbonyl (C=O) groups excluding carboxylic acids is 3. The van der Waals surface area contributed by atoms with Gasteiger partial charge in [-0.2, -0.15) is 0 Å². The molecule has 2 fully saturated rings. The first-order valence-corrected chi connectivity index (χ1v) is 12.7. The number of phenolic OH excluding ortho intramolecular Hbond substituents is 1. The van der Waals surface area contributed by atoms with Gasteiger partial charge in [-0.1, -0.05) is 17.3 Å². The smallest absolute Gasteiger partial charge is 0.273 e. The molecular formula is C26H35N5O5. The second-order valence-electron chi connectivity index (χ2n) is 9.83. The molecule has 1 atom stereocenters. The predicted octanol–water partition coefficient (Wildman–Crippen LogP) is 1.61. The highest BCUT2D eigenvalue weighted by Gasteiger charge is 2.31. The zero-order valence-electron chi connectivity index (χ0n) is 20.7. The fourth-order valence-electron chi connectivity index (χ4n) is 4.55. The van der Waals surface area contributed by atoms with E-state index >= 15 is 0 Å². The molecule has 10 nitrogen and oxygen atoms in total. The van der Waals surface area contributed by atoms with Crippen LogP contribution in [0.25, 0.3) is 0 Å². The predicted molar refractivity (Wildman–Crippen MR) is 132 cm³/mol. The third kappa shape index (κ3) is 6.63.